The molecule has 0 aromatic carbocycles. The van der Waals surface area contributed by atoms with Gasteiger partial charge in [0.2, 0.25) is 0 Å². The molecule has 3 rings (SSSR count). The Labute approximate surface area is 106 Å². The zero-order valence-electron chi connectivity index (χ0n) is 10.5. The highest BCUT2D eigenvalue weighted by atomic mass is 16.3. The summed E-state index contributed by atoms with van der Waals surface area (Å²) in [6.45, 7) is 3.69. The predicted octanol–water partition coefficient (Wildman–Crippen LogP) is -0.465. The van der Waals surface area contributed by atoms with E-state index in [4.69, 9.17) is 0 Å². The summed E-state index contributed by atoms with van der Waals surface area (Å²) in [4.78, 5) is 16.1. The quantitative estimate of drug-likeness (QED) is 0.732. The van der Waals surface area contributed by atoms with Crippen LogP contribution in [0.3, 0.4) is 0 Å². The van der Waals surface area contributed by atoms with Crippen LogP contribution < -0.4 is 0 Å². The fourth-order valence-electron chi connectivity index (χ4n) is 2.59. The van der Waals surface area contributed by atoms with Gasteiger partial charge in [0.05, 0.1) is 18.3 Å². The second-order valence-corrected chi connectivity index (χ2v) is 5.18. The van der Waals surface area contributed by atoms with E-state index in [0.717, 1.165) is 25.3 Å². The Hall–Kier alpha value is -1.40. The van der Waals surface area contributed by atoms with Crippen molar-refractivity contribution in [2.45, 2.75) is 25.6 Å². The molecule has 6 nitrogen and oxygen atoms in total. The van der Waals surface area contributed by atoms with Gasteiger partial charge in [-0.2, -0.15) is 5.10 Å². The van der Waals surface area contributed by atoms with Crippen molar-refractivity contribution in [3.05, 3.63) is 17.5 Å². The summed E-state index contributed by atoms with van der Waals surface area (Å²) in [5, 5.41) is 13.8. The number of β-amino-alcohol motifs (C(OH)–C–C–N with tert-alkyl or cyclic N) is 1. The normalized spacial score (nSPS) is 24.3. The minimum atomic E-state index is -0.377. The van der Waals surface area contributed by atoms with Crippen LogP contribution in [0.5, 0.6) is 0 Å². The largest absolute Gasteiger partial charge is 0.391 e. The van der Waals surface area contributed by atoms with Gasteiger partial charge in [-0.05, 0) is 19.5 Å². The molecule has 3 heterocycles. The van der Waals surface area contributed by atoms with E-state index in [9.17, 15) is 9.90 Å². The zero-order chi connectivity index (χ0) is 12.7. The lowest BCUT2D eigenvalue weighted by Crippen LogP contribution is -2.31. The third kappa shape index (κ3) is 2.02. The Balaban J connectivity index is 1.79. The van der Waals surface area contributed by atoms with Crippen LogP contribution in [0.1, 0.15) is 22.6 Å². The number of hydrogen-bond donors (Lipinski definition) is 1. The summed E-state index contributed by atoms with van der Waals surface area (Å²) >= 11 is 0. The summed E-state index contributed by atoms with van der Waals surface area (Å²) in [5.41, 5.74) is 1.60. The van der Waals surface area contributed by atoms with Crippen LogP contribution >= 0.6 is 0 Å². The van der Waals surface area contributed by atoms with E-state index in [1.807, 2.05) is 10.7 Å². The second kappa shape index (κ2) is 4.37. The van der Waals surface area contributed by atoms with Crippen LogP contribution in [0.2, 0.25) is 0 Å². The second-order valence-electron chi connectivity index (χ2n) is 5.18. The van der Waals surface area contributed by atoms with E-state index in [-0.39, 0.29) is 12.0 Å². The number of likely N-dealkylation sites (N-methyl/N-ethyl adjacent to an activating group) is 1. The van der Waals surface area contributed by atoms with Gasteiger partial charge >= 0.3 is 0 Å². The first kappa shape index (κ1) is 11.7. The van der Waals surface area contributed by atoms with Gasteiger partial charge in [0.15, 0.2) is 5.69 Å². The molecule has 0 saturated carbocycles. The standard InChI is InChI=1S/C12H18N4O2/c1-14-4-5-16-9(7-14)6-11(13-16)12(18)15-3-2-10(17)8-15/h6,10,17H,2-5,7-8H2,1H3. The van der Waals surface area contributed by atoms with Crippen LogP contribution in [0.15, 0.2) is 6.07 Å². The van der Waals surface area contributed by atoms with E-state index in [2.05, 4.69) is 17.0 Å². The SMILES string of the molecule is CN1CCn2nc(C(=O)N3CCC(O)C3)cc2C1. The van der Waals surface area contributed by atoms with Gasteiger partial charge < -0.3 is 10.0 Å². The Morgan fingerprint density at radius 2 is 2.28 bits per heavy atom. The van der Waals surface area contributed by atoms with Gasteiger partial charge in [0.25, 0.3) is 5.91 Å². The van der Waals surface area contributed by atoms with Crippen LogP contribution in [0.4, 0.5) is 0 Å². The number of nitrogens with zero attached hydrogens (tertiary/aromatic N) is 4. The fraction of sp³-hybridized carbons (Fsp3) is 0.667. The molecule has 18 heavy (non-hydrogen) atoms. The zero-order valence-corrected chi connectivity index (χ0v) is 10.5. The molecule has 6 heteroatoms. The maximum atomic E-state index is 12.2. The first-order valence-electron chi connectivity index (χ1n) is 6.36. The Morgan fingerprint density at radius 3 is 3.00 bits per heavy atom. The van der Waals surface area contributed by atoms with Gasteiger partial charge in [-0.1, -0.05) is 0 Å². The summed E-state index contributed by atoms with van der Waals surface area (Å²) < 4.78 is 1.92. The van der Waals surface area contributed by atoms with E-state index >= 15 is 0 Å². The highest BCUT2D eigenvalue weighted by Crippen LogP contribution is 2.16. The number of carbonyl (C=O) groups is 1. The maximum absolute atomic E-state index is 12.2. The lowest BCUT2D eigenvalue weighted by Gasteiger charge is -2.22. The Morgan fingerprint density at radius 1 is 1.44 bits per heavy atom. The van der Waals surface area contributed by atoms with Crippen LogP contribution in [-0.2, 0) is 13.1 Å². The highest BCUT2D eigenvalue weighted by Gasteiger charge is 2.28. The number of amides is 1. The summed E-state index contributed by atoms with van der Waals surface area (Å²) in [6.07, 6.45) is 0.291. The van der Waals surface area contributed by atoms with Crippen LogP contribution in [0, 0.1) is 0 Å². The predicted molar refractivity (Wildman–Crippen MR) is 65.1 cm³/mol. The molecule has 0 bridgehead atoms. The van der Waals surface area contributed by atoms with E-state index in [1.165, 1.54) is 0 Å². The molecule has 0 spiro atoms. The van der Waals surface area contributed by atoms with Crippen molar-refractivity contribution < 1.29 is 9.90 Å². The number of aromatic nitrogens is 2. The van der Waals surface area contributed by atoms with Crippen molar-refractivity contribution in [3.63, 3.8) is 0 Å². The van der Waals surface area contributed by atoms with Gasteiger partial charge in [0.1, 0.15) is 0 Å². The third-order valence-electron chi connectivity index (χ3n) is 3.66. The molecule has 1 aromatic heterocycles. The van der Waals surface area contributed by atoms with Crippen molar-refractivity contribution in [1.29, 1.82) is 0 Å². The average Bonchev–Trinajstić information content (AvgIpc) is 2.93. The summed E-state index contributed by atoms with van der Waals surface area (Å²) in [6, 6.07) is 1.88. The lowest BCUT2D eigenvalue weighted by molar-refractivity contribution is 0.0758. The molecule has 0 radical (unpaired) electrons. The molecule has 1 fully saturated rings. The van der Waals surface area contributed by atoms with Gasteiger partial charge in [-0.3, -0.25) is 14.4 Å². The van der Waals surface area contributed by atoms with E-state index < -0.39 is 0 Å². The van der Waals surface area contributed by atoms with E-state index in [0.29, 0.717) is 25.2 Å². The van der Waals surface area contributed by atoms with Gasteiger partial charge in [0, 0.05) is 26.2 Å². The number of rotatable bonds is 1. The highest BCUT2D eigenvalue weighted by molar-refractivity contribution is 5.92. The molecule has 1 aromatic rings. The summed E-state index contributed by atoms with van der Waals surface area (Å²) in [7, 11) is 2.06. The molecule has 1 unspecified atom stereocenters. The topological polar surface area (TPSA) is 61.6 Å². The molecule has 98 valence electrons. The minimum Gasteiger partial charge on any atom is -0.391 e. The molecule has 2 aliphatic heterocycles. The van der Waals surface area contributed by atoms with Crippen LogP contribution in [0.25, 0.3) is 0 Å². The Bertz CT molecular complexity index is 471. The number of carbonyl (C=O) groups excluding carboxylic acids is 1. The van der Waals surface area contributed by atoms with Crippen molar-refractivity contribution in [2.75, 3.05) is 26.7 Å². The van der Waals surface area contributed by atoms with Crippen molar-refractivity contribution in [3.8, 4) is 0 Å². The first-order chi connectivity index (χ1) is 8.63. The smallest absolute Gasteiger partial charge is 0.274 e. The number of fused-ring (bicyclic) bond motifs is 1. The fourth-order valence-corrected chi connectivity index (χ4v) is 2.59. The molecule has 0 aliphatic carbocycles. The van der Waals surface area contributed by atoms with Gasteiger partial charge in [-0.25, -0.2) is 0 Å². The molecule has 1 atom stereocenters. The lowest BCUT2D eigenvalue weighted by atomic mass is 10.3. The molecule has 1 amide bonds. The maximum Gasteiger partial charge on any atom is 0.274 e. The molecular weight excluding hydrogens is 232 g/mol. The van der Waals surface area contributed by atoms with Crippen molar-refractivity contribution in [2.24, 2.45) is 0 Å². The average molecular weight is 250 g/mol. The number of hydrogen-bond acceptors (Lipinski definition) is 4. The molecule has 2 aliphatic rings. The number of aliphatic hydroxyl groups is 1. The number of likely N-dealkylation sites (tertiary alicyclic amines) is 1. The molecule has 1 saturated heterocycles. The number of aliphatic hydroxyl groups excluding tert-OH is 1. The molecular formula is C12H18N4O2. The van der Waals surface area contributed by atoms with Gasteiger partial charge in [-0.15, -0.1) is 0 Å². The molecule has 1 N–H and O–H groups in total. The monoisotopic (exact) mass is 250 g/mol. The van der Waals surface area contributed by atoms with Crippen LogP contribution in [-0.4, -0.2) is 63.4 Å². The van der Waals surface area contributed by atoms with Crippen molar-refractivity contribution in [1.82, 2.24) is 19.6 Å². The first-order valence-corrected chi connectivity index (χ1v) is 6.36. The summed E-state index contributed by atoms with van der Waals surface area (Å²) in [5.74, 6) is -0.0592. The minimum absolute atomic E-state index is 0.0592. The van der Waals surface area contributed by atoms with E-state index in [1.54, 1.807) is 4.90 Å². The third-order valence-corrected chi connectivity index (χ3v) is 3.66. The Kier molecular flexibility index (Phi) is 2.83. The van der Waals surface area contributed by atoms with Crippen molar-refractivity contribution >= 4 is 5.91 Å².